The van der Waals surface area contributed by atoms with E-state index in [0.717, 1.165) is 6.54 Å². The van der Waals surface area contributed by atoms with Crippen LogP contribution in [0.1, 0.15) is 38.5 Å². The van der Waals surface area contributed by atoms with Crippen molar-refractivity contribution >= 4 is 24.0 Å². The zero-order valence-electron chi connectivity index (χ0n) is 15.6. The van der Waals surface area contributed by atoms with Crippen molar-refractivity contribution in [2.45, 2.75) is 44.6 Å². The first-order chi connectivity index (χ1) is 12.6. The van der Waals surface area contributed by atoms with Crippen LogP contribution in [0.25, 0.3) is 0 Å². The summed E-state index contributed by atoms with van der Waals surface area (Å²) in [5.74, 6) is 0.213. The number of methoxy groups -OCH3 is 1. The van der Waals surface area contributed by atoms with Crippen LogP contribution in [0.5, 0.6) is 11.5 Å². The zero-order chi connectivity index (χ0) is 18.8. The molecule has 1 aromatic carbocycles. The average Bonchev–Trinajstić information content (AvgIpc) is 2.92. The zero-order valence-corrected chi connectivity index (χ0v) is 16.4. The normalized spacial score (nSPS) is 14.6. The molecule has 27 heavy (non-hydrogen) atoms. The van der Waals surface area contributed by atoms with E-state index in [0.29, 0.717) is 18.3 Å². The first-order valence-electron chi connectivity index (χ1n) is 9.05. The van der Waals surface area contributed by atoms with E-state index in [1.54, 1.807) is 0 Å². The van der Waals surface area contributed by atoms with E-state index in [2.05, 4.69) is 10.6 Å². The highest BCUT2D eigenvalue weighted by Gasteiger charge is 2.16. The summed E-state index contributed by atoms with van der Waals surface area (Å²) in [5.41, 5.74) is -0.145. The van der Waals surface area contributed by atoms with Gasteiger partial charge in [-0.25, -0.2) is 0 Å². The van der Waals surface area contributed by atoms with E-state index in [4.69, 9.17) is 9.47 Å². The molecule has 0 radical (unpaired) electrons. The molecule has 1 amide bonds. The van der Waals surface area contributed by atoms with Gasteiger partial charge in [0, 0.05) is 31.3 Å². The standard InChI is InChI=1S/C18H27N3O5.ClH/c1-25-17-12-15(8-9-16(17)21(23)24)26-13-18(22)20-11-10-19-14-6-4-2-3-5-7-14;/h8-9,12,14,19H,2-7,10-11,13H2,1H3,(H,20,22);1H. The predicted molar refractivity (Wildman–Crippen MR) is 105 cm³/mol. The summed E-state index contributed by atoms with van der Waals surface area (Å²) in [6.07, 6.45) is 7.60. The fourth-order valence-electron chi connectivity index (χ4n) is 3.06. The van der Waals surface area contributed by atoms with Crippen LogP contribution in [-0.4, -0.2) is 43.7 Å². The van der Waals surface area contributed by atoms with Crippen molar-refractivity contribution in [2.24, 2.45) is 0 Å². The number of ether oxygens (including phenoxy) is 2. The van der Waals surface area contributed by atoms with E-state index in [-0.39, 0.29) is 36.4 Å². The van der Waals surface area contributed by atoms with Gasteiger partial charge in [-0.15, -0.1) is 12.4 Å². The van der Waals surface area contributed by atoms with E-state index < -0.39 is 4.92 Å². The van der Waals surface area contributed by atoms with Gasteiger partial charge in [-0.2, -0.15) is 0 Å². The minimum Gasteiger partial charge on any atom is -0.490 e. The van der Waals surface area contributed by atoms with Gasteiger partial charge in [-0.1, -0.05) is 25.7 Å². The number of hydrogen-bond donors (Lipinski definition) is 2. The Hall–Kier alpha value is -2.06. The number of nitrogens with one attached hydrogen (secondary N) is 2. The molecule has 0 aliphatic heterocycles. The lowest BCUT2D eigenvalue weighted by molar-refractivity contribution is -0.385. The minimum absolute atomic E-state index is 0. The monoisotopic (exact) mass is 401 g/mol. The highest BCUT2D eigenvalue weighted by molar-refractivity contribution is 5.85. The second-order valence-corrected chi connectivity index (χ2v) is 6.37. The van der Waals surface area contributed by atoms with E-state index in [1.807, 2.05) is 0 Å². The molecule has 8 nitrogen and oxygen atoms in total. The Bertz CT molecular complexity index is 607. The maximum absolute atomic E-state index is 11.8. The van der Waals surface area contributed by atoms with Gasteiger partial charge in [-0.3, -0.25) is 14.9 Å². The third-order valence-electron chi connectivity index (χ3n) is 4.45. The number of nitro benzene ring substituents is 1. The van der Waals surface area contributed by atoms with Gasteiger partial charge in [0.1, 0.15) is 5.75 Å². The number of benzene rings is 1. The molecular weight excluding hydrogens is 374 g/mol. The summed E-state index contributed by atoms with van der Waals surface area (Å²) < 4.78 is 10.3. The average molecular weight is 402 g/mol. The Morgan fingerprint density at radius 2 is 1.93 bits per heavy atom. The number of carbonyl (C=O) groups is 1. The topological polar surface area (TPSA) is 103 Å². The Balaban J connectivity index is 0.00000364. The van der Waals surface area contributed by atoms with Gasteiger partial charge in [0.25, 0.3) is 5.91 Å². The molecule has 1 aromatic rings. The summed E-state index contributed by atoms with van der Waals surface area (Å²) in [5, 5.41) is 17.1. The molecule has 1 aliphatic rings. The fraction of sp³-hybridized carbons (Fsp3) is 0.611. The second-order valence-electron chi connectivity index (χ2n) is 6.37. The van der Waals surface area contributed by atoms with Crippen LogP contribution in [0.3, 0.4) is 0 Å². The Morgan fingerprint density at radius 3 is 2.56 bits per heavy atom. The first-order valence-corrected chi connectivity index (χ1v) is 9.05. The molecule has 0 atom stereocenters. The summed E-state index contributed by atoms with van der Waals surface area (Å²) in [7, 11) is 1.35. The number of nitro groups is 1. The quantitative estimate of drug-likeness (QED) is 0.285. The smallest absolute Gasteiger partial charge is 0.311 e. The minimum atomic E-state index is -0.531. The van der Waals surface area contributed by atoms with E-state index >= 15 is 0 Å². The van der Waals surface area contributed by atoms with Gasteiger partial charge in [0.2, 0.25) is 5.75 Å². The van der Waals surface area contributed by atoms with Crippen molar-refractivity contribution in [1.29, 1.82) is 0 Å². The van der Waals surface area contributed by atoms with E-state index in [1.165, 1.54) is 63.8 Å². The predicted octanol–water partition coefficient (Wildman–Crippen LogP) is 2.83. The summed E-state index contributed by atoms with van der Waals surface area (Å²) in [6.45, 7) is 1.13. The van der Waals surface area contributed by atoms with Crippen LogP contribution >= 0.6 is 12.4 Å². The molecule has 0 bridgehead atoms. The molecule has 2 rings (SSSR count). The SMILES string of the molecule is COc1cc(OCC(=O)NCCNC2CCCCCC2)ccc1[N+](=O)[O-].Cl. The van der Waals surface area contributed by atoms with Crippen molar-refractivity contribution in [3.8, 4) is 11.5 Å². The third-order valence-corrected chi connectivity index (χ3v) is 4.45. The lowest BCUT2D eigenvalue weighted by Gasteiger charge is -2.16. The molecular formula is C18H28ClN3O5. The lowest BCUT2D eigenvalue weighted by Crippen LogP contribution is -2.38. The summed E-state index contributed by atoms with van der Waals surface area (Å²) >= 11 is 0. The van der Waals surface area contributed by atoms with Gasteiger partial charge in [-0.05, 0) is 18.9 Å². The van der Waals surface area contributed by atoms with E-state index in [9.17, 15) is 14.9 Å². The van der Waals surface area contributed by atoms with Crippen molar-refractivity contribution in [3.05, 3.63) is 28.3 Å². The molecule has 0 aromatic heterocycles. The van der Waals surface area contributed by atoms with Crippen molar-refractivity contribution in [2.75, 3.05) is 26.8 Å². The Kier molecular flexibility index (Phi) is 10.5. The fourth-order valence-corrected chi connectivity index (χ4v) is 3.06. The van der Waals surface area contributed by atoms with Crippen LogP contribution < -0.4 is 20.1 Å². The van der Waals surface area contributed by atoms with Crippen LogP contribution in [0.15, 0.2) is 18.2 Å². The highest BCUT2D eigenvalue weighted by Crippen LogP contribution is 2.30. The maximum Gasteiger partial charge on any atom is 0.311 e. The van der Waals surface area contributed by atoms with Crippen molar-refractivity contribution in [3.63, 3.8) is 0 Å². The van der Waals surface area contributed by atoms with Gasteiger partial charge >= 0.3 is 5.69 Å². The number of nitrogens with zero attached hydrogens (tertiary/aromatic N) is 1. The Labute approximate surface area is 165 Å². The van der Waals surface area contributed by atoms with Gasteiger partial charge < -0.3 is 20.1 Å². The summed E-state index contributed by atoms with van der Waals surface area (Å²) in [4.78, 5) is 22.2. The molecule has 152 valence electrons. The Morgan fingerprint density at radius 1 is 1.22 bits per heavy atom. The molecule has 0 saturated heterocycles. The number of hydrogen-bond acceptors (Lipinski definition) is 6. The molecule has 0 unspecified atom stereocenters. The van der Waals surface area contributed by atoms with Crippen molar-refractivity contribution in [1.82, 2.24) is 10.6 Å². The van der Waals surface area contributed by atoms with Crippen LogP contribution in [0.2, 0.25) is 0 Å². The van der Waals surface area contributed by atoms with Crippen LogP contribution in [0.4, 0.5) is 5.69 Å². The molecule has 0 spiro atoms. The number of halogens is 1. The third kappa shape index (κ3) is 8.01. The van der Waals surface area contributed by atoms with Gasteiger partial charge in [0.05, 0.1) is 12.0 Å². The molecule has 2 N–H and O–H groups in total. The molecule has 9 heteroatoms. The van der Waals surface area contributed by atoms with Gasteiger partial charge in [0.15, 0.2) is 6.61 Å². The van der Waals surface area contributed by atoms with Crippen LogP contribution in [0, 0.1) is 10.1 Å². The molecule has 0 heterocycles. The molecule has 1 saturated carbocycles. The molecule has 1 fully saturated rings. The maximum atomic E-state index is 11.8. The number of amides is 1. The first kappa shape index (κ1) is 23.0. The summed E-state index contributed by atoms with van der Waals surface area (Å²) in [6, 6.07) is 4.70. The van der Waals surface area contributed by atoms with Crippen molar-refractivity contribution < 1.29 is 19.2 Å². The number of carbonyl (C=O) groups excluding carboxylic acids is 1. The van der Waals surface area contributed by atoms with Crippen LogP contribution in [-0.2, 0) is 4.79 Å². The number of rotatable bonds is 9. The second kappa shape index (κ2) is 12.3. The highest BCUT2D eigenvalue weighted by atomic mass is 35.5. The largest absolute Gasteiger partial charge is 0.490 e. The molecule has 1 aliphatic carbocycles. The lowest BCUT2D eigenvalue weighted by atomic mass is 10.1.